The van der Waals surface area contributed by atoms with E-state index < -0.39 is 11.7 Å². The summed E-state index contributed by atoms with van der Waals surface area (Å²) in [6, 6.07) is 21.9. The van der Waals surface area contributed by atoms with Crippen LogP contribution in [-0.4, -0.2) is 25.0 Å². The second-order valence-corrected chi connectivity index (χ2v) is 14.2. The van der Waals surface area contributed by atoms with Gasteiger partial charge < -0.3 is 10.2 Å². The van der Waals surface area contributed by atoms with Crippen molar-refractivity contribution in [3.8, 4) is 0 Å². The van der Waals surface area contributed by atoms with Crippen LogP contribution in [-0.2, 0) is 18.0 Å². The van der Waals surface area contributed by atoms with Gasteiger partial charge in [0.2, 0.25) is 0 Å². The van der Waals surface area contributed by atoms with Crippen LogP contribution in [0.15, 0.2) is 76.5 Å². The molecule has 0 radical (unpaired) electrons. The molecule has 41 heavy (non-hydrogen) atoms. The Labute approximate surface area is 251 Å². The molecule has 2 unspecified atom stereocenters. The highest BCUT2D eigenvalue weighted by atomic mass is 35.5. The minimum absolute atomic E-state index is 0. The van der Waals surface area contributed by atoms with E-state index in [1.165, 1.54) is 50.2 Å². The SMILES string of the molecule is CN(CCCc1c(C(F)(F)F)ccc2c1Nc1ccccc1S2)CC12CC3CC(C1)CC(c1ccccc1)(C3)C2.Cl. The number of anilines is 2. The summed E-state index contributed by atoms with van der Waals surface area (Å²) >= 11 is 1.55. The third-order valence-electron chi connectivity index (χ3n) is 10.1. The number of hydrogen-bond acceptors (Lipinski definition) is 3. The Morgan fingerprint density at radius 3 is 2.34 bits per heavy atom. The number of rotatable bonds is 7. The molecular formula is C34H38ClF3N2S. The summed E-state index contributed by atoms with van der Waals surface area (Å²) < 4.78 is 42.4. The molecule has 8 rings (SSSR count). The van der Waals surface area contributed by atoms with Gasteiger partial charge in [0.15, 0.2) is 0 Å². The fourth-order valence-electron chi connectivity index (χ4n) is 9.23. The number of nitrogens with one attached hydrogen (secondary N) is 1. The van der Waals surface area contributed by atoms with Crippen LogP contribution in [0.4, 0.5) is 24.5 Å². The van der Waals surface area contributed by atoms with E-state index in [0.717, 1.165) is 40.4 Å². The van der Waals surface area contributed by atoms with Crippen LogP contribution < -0.4 is 5.32 Å². The van der Waals surface area contributed by atoms with Crippen LogP contribution in [0, 0.1) is 17.3 Å². The second kappa shape index (κ2) is 10.8. The van der Waals surface area contributed by atoms with Crippen LogP contribution in [0.1, 0.15) is 61.6 Å². The zero-order valence-corrected chi connectivity index (χ0v) is 25.1. The summed E-state index contributed by atoms with van der Waals surface area (Å²) in [6.07, 6.45) is 4.66. The molecule has 3 aromatic rings. The predicted octanol–water partition coefficient (Wildman–Crippen LogP) is 9.74. The number of halogens is 4. The van der Waals surface area contributed by atoms with Crippen LogP contribution in [0.2, 0.25) is 0 Å². The minimum Gasteiger partial charge on any atom is -0.353 e. The molecule has 2 nitrogen and oxygen atoms in total. The van der Waals surface area contributed by atoms with Gasteiger partial charge in [0, 0.05) is 16.3 Å². The smallest absolute Gasteiger partial charge is 0.353 e. The van der Waals surface area contributed by atoms with Crippen LogP contribution >= 0.6 is 24.2 Å². The van der Waals surface area contributed by atoms with Crippen molar-refractivity contribution in [3.05, 3.63) is 83.4 Å². The normalized spacial score (nSPS) is 27.6. The maximum Gasteiger partial charge on any atom is 0.416 e. The Balaban J connectivity index is 0.00000302. The van der Waals surface area contributed by atoms with Crippen molar-refractivity contribution >= 4 is 35.5 Å². The van der Waals surface area contributed by atoms with E-state index in [1.807, 2.05) is 24.3 Å². The summed E-state index contributed by atoms with van der Waals surface area (Å²) in [4.78, 5) is 4.34. The number of hydrogen-bond donors (Lipinski definition) is 1. The Morgan fingerprint density at radius 2 is 1.61 bits per heavy atom. The fraction of sp³-hybridized carbons (Fsp3) is 0.471. The van der Waals surface area contributed by atoms with Gasteiger partial charge in [-0.1, -0.05) is 54.2 Å². The van der Waals surface area contributed by atoms with Crippen LogP contribution in [0.3, 0.4) is 0 Å². The first-order valence-electron chi connectivity index (χ1n) is 14.7. The third-order valence-corrected chi connectivity index (χ3v) is 11.2. The highest BCUT2D eigenvalue weighted by Gasteiger charge is 2.58. The quantitative estimate of drug-likeness (QED) is 0.228. The minimum atomic E-state index is -4.37. The molecular weight excluding hydrogens is 561 g/mol. The van der Waals surface area contributed by atoms with Gasteiger partial charge in [-0.2, -0.15) is 13.2 Å². The molecule has 0 amide bonds. The van der Waals surface area contributed by atoms with Crippen LogP contribution in [0.25, 0.3) is 0 Å². The van der Waals surface area contributed by atoms with Gasteiger partial charge in [-0.15, -0.1) is 12.4 Å². The van der Waals surface area contributed by atoms with Gasteiger partial charge in [0.1, 0.15) is 0 Å². The van der Waals surface area contributed by atoms with E-state index in [0.29, 0.717) is 34.9 Å². The van der Waals surface area contributed by atoms with Crippen molar-refractivity contribution < 1.29 is 13.2 Å². The Kier molecular flexibility index (Phi) is 7.65. The maximum absolute atomic E-state index is 14.1. The van der Waals surface area contributed by atoms with Crippen LogP contribution in [0.5, 0.6) is 0 Å². The Morgan fingerprint density at radius 1 is 0.902 bits per heavy atom. The van der Waals surface area contributed by atoms with E-state index >= 15 is 0 Å². The number of fused-ring (bicyclic) bond motifs is 2. The topological polar surface area (TPSA) is 15.3 Å². The zero-order chi connectivity index (χ0) is 27.5. The van der Waals surface area contributed by atoms with Crippen molar-refractivity contribution in [3.63, 3.8) is 0 Å². The third kappa shape index (κ3) is 5.41. The lowest BCUT2D eigenvalue weighted by Gasteiger charge is -2.63. The highest BCUT2D eigenvalue weighted by molar-refractivity contribution is 7.99. The van der Waals surface area contributed by atoms with E-state index in [9.17, 15) is 13.2 Å². The Hall–Kier alpha value is -2.15. The highest BCUT2D eigenvalue weighted by Crippen LogP contribution is 2.65. The molecule has 0 spiro atoms. The Bertz CT molecular complexity index is 1390. The molecule has 4 saturated carbocycles. The number of alkyl halides is 3. The van der Waals surface area contributed by atoms with Crippen molar-refractivity contribution in [1.82, 2.24) is 4.90 Å². The zero-order valence-electron chi connectivity index (χ0n) is 23.5. The molecule has 218 valence electrons. The average Bonchev–Trinajstić information content (AvgIpc) is 2.91. The fourth-order valence-corrected chi connectivity index (χ4v) is 10.3. The van der Waals surface area contributed by atoms with Gasteiger partial charge in [-0.25, -0.2) is 0 Å². The molecule has 4 bridgehead atoms. The first kappa shape index (κ1) is 28.9. The molecule has 4 aliphatic carbocycles. The average molecular weight is 599 g/mol. The number of benzene rings is 3. The van der Waals surface area contributed by atoms with Crippen molar-refractivity contribution in [2.24, 2.45) is 17.3 Å². The number of para-hydroxylation sites is 1. The van der Waals surface area contributed by atoms with Crippen molar-refractivity contribution in [2.45, 2.75) is 72.7 Å². The van der Waals surface area contributed by atoms with Crippen molar-refractivity contribution in [1.29, 1.82) is 0 Å². The lowest BCUT2D eigenvalue weighted by atomic mass is 9.43. The molecule has 3 aromatic carbocycles. The largest absolute Gasteiger partial charge is 0.416 e. The summed E-state index contributed by atoms with van der Waals surface area (Å²) in [5.41, 5.74) is 3.58. The summed E-state index contributed by atoms with van der Waals surface area (Å²) in [7, 11) is 2.18. The van der Waals surface area contributed by atoms with Gasteiger partial charge >= 0.3 is 6.18 Å². The summed E-state index contributed by atoms with van der Waals surface area (Å²) in [5.74, 6) is 1.62. The maximum atomic E-state index is 14.1. The van der Waals surface area contributed by atoms with Gasteiger partial charge in [0.05, 0.1) is 16.9 Å². The first-order chi connectivity index (χ1) is 19.2. The molecule has 4 fully saturated rings. The van der Waals surface area contributed by atoms with E-state index in [-0.39, 0.29) is 12.4 Å². The molecule has 5 aliphatic rings. The van der Waals surface area contributed by atoms with E-state index in [4.69, 9.17) is 0 Å². The molecule has 1 heterocycles. The van der Waals surface area contributed by atoms with Gasteiger partial charge in [-0.05, 0) is 123 Å². The molecule has 1 N–H and O–H groups in total. The van der Waals surface area contributed by atoms with Gasteiger partial charge in [0.25, 0.3) is 0 Å². The number of nitrogens with zero attached hydrogens (tertiary/aromatic N) is 1. The molecule has 0 aromatic heterocycles. The molecule has 2 atom stereocenters. The first-order valence-corrected chi connectivity index (χ1v) is 15.5. The molecule has 1 aliphatic heterocycles. The molecule has 0 saturated heterocycles. The van der Waals surface area contributed by atoms with Crippen molar-refractivity contribution in [2.75, 3.05) is 25.5 Å². The predicted molar refractivity (Wildman–Crippen MR) is 164 cm³/mol. The summed E-state index contributed by atoms with van der Waals surface area (Å²) in [6.45, 7) is 1.86. The standard InChI is InChI=1S/C34H37F3N2S.ClH/c1-39(22-32-17-23-16-24(18-32)20-33(19-23,21-32)25-8-3-2-4-9-25)15-7-10-26-27(34(35,36)37)13-14-30-31(26)38-28-11-5-6-12-29(28)40-30;/h2-6,8-9,11-14,23-24,38H,7,10,15-22H2,1H3;1H. The monoisotopic (exact) mass is 598 g/mol. The van der Waals surface area contributed by atoms with E-state index in [1.54, 1.807) is 17.8 Å². The van der Waals surface area contributed by atoms with Gasteiger partial charge in [-0.3, -0.25) is 0 Å². The molecule has 7 heteroatoms. The lowest BCUT2D eigenvalue weighted by Crippen LogP contribution is -2.57. The second-order valence-electron chi connectivity index (χ2n) is 13.1. The van der Waals surface area contributed by atoms with E-state index in [2.05, 4.69) is 47.6 Å². The lowest BCUT2D eigenvalue weighted by molar-refractivity contribution is -0.138. The summed E-state index contributed by atoms with van der Waals surface area (Å²) in [5, 5.41) is 3.35.